The minimum absolute atomic E-state index is 0.0104. The van der Waals surface area contributed by atoms with Crippen molar-refractivity contribution in [1.29, 1.82) is 0 Å². The normalized spacial score (nSPS) is 11.2. The lowest BCUT2D eigenvalue weighted by atomic mass is 10.0. The molecule has 0 radical (unpaired) electrons. The molecule has 7 heteroatoms. The molecule has 0 fully saturated rings. The lowest BCUT2D eigenvalue weighted by molar-refractivity contribution is -0.121. The van der Waals surface area contributed by atoms with Gasteiger partial charge in [-0.25, -0.2) is 9.07 Å². The fourth-order valence-corrected chi connectivity index (χ4v) is 3.42. The molecule has 1 aromatic carbocycles. The summed E-state index contributed by atoms with van der Waals surface area (Å²) in [6.45, 7) is 7.74. The quantitative estimate of drug-likeness (QED) is 0.704. The molecule has 0 spiro atoms. The van der Waals surface area contributed by atoms with Crippen molar-refractivity contribution in [1.82, 2.24) is 20.1 Å². The Balaban J connectivity index is 2.07. The molecule has 148 valence electrons. The number of pyridine rings is 1. The largest absolute Gasteiger partial charge is 0.481 e. The second-order valence-corrected chi connectivity index (χ2v) is 7.12. The maximum Gasteiger partial charge on any atom is 0.220 e. The number of halogens is 1. The van der Waals surface area contributed by atoms with Crippen molar-refractivity contribution < 1.29 is 13.9 Å². The van der Waals surface area contributed by atoms with Gasteiger partial charge in [0.25, 0.3) is 0 Å². The zero-order valence-electron chi connectivity index (χ0n) is 16.8. The van der Waals surface area contributed by atoms with Gasteiger partial charge in [-0.2, -0.15) is 10.1 Å². The molecule has 28 heavy (non-hydrogen) atoms. The Morgan fingerprint density at radius 3 is 2.71 bits per heavy atom. The van der Waals surface area contributed by atoms with Crippen LogP contribution in [0.2, 0.25) is 0 Å². The molecule has 0 aliphatic heterocycles. The molecule has 0 atom stereocenters. The summed E-state index contributed by atoms with van der Waals surface area (Å²) in [6.07, 6.45) is 0.862. The summed E-state index contributed by atoms with van der Waals surface area (Å²) in [5.74, 6) is 0.110. The summed E-state index contributed by atoms with van der Waals surface area (Å²) in [5.41, 5.74) is 3.85. The third-order valence-electron chi connectivity index (χ3n) is 4.63. The van der Waals surface area contributed by atoms with Gasteiger partial charge < -0.3 is 10.1 Å². The molecule has 1 N–H and O–H groups in total. The van der Waals surface area contributed by atoms with Gasteiger partial charge in [-0.1, -0.05) is 6.07 Å². The van der Waals surface area contributed by atoms with E-state index in [9.17, 15) is 9.18 Å². The van der Waals surface area contributed by atoms with E-state index in [4.69, 9.17) is 4.74 Å². The number of hydrogen-bond donors (Lipinski definition) is 1. The summed E-state index contributed by atoms with van der Waals surface area (Å²) < 4.78 is 20.8. The van der Waals surface area contributed by atoms with Crippen LogP contribution in [0.3, 0.4) is 0 Å². The van der Waals surface area contributed by atoms with Crippen LogP contribution < -0.4 is 10.1 Å². The van der Waals surface area contributed by atoms with Gasteiger partial charge in [0, 0.05) is 23.4 Å². The van der Waals surface area contributed by atoms with Crippen LogP contribution in [0, 0.1) is 19.7 Å². The number of carbonyl (C=O) groups is 1. The van der Waals surface area contributed by atoms with Gasteiger partial charge in [0.15, 0.2) is 5.65 Å². The van der Waals surface area contributed by atoms with Gasteiger partial charge in [0.1, 0.15) is 5.82 Å². The van der Waals surface area contributed by atoms with Gasteiger partial charge in [-0.05, 0) is 57.9 Å². The van der Waals surface area contributed by atoms with Crippen LogP contribution in [0.15, 0.2) is 24.3 Å². The number of ether oxygens (including phenoxy) is 1. The van der Waals surface area contributed by atoms with Crippen molar-refractivity contribution in [2.24, 2.45) is 0 Å². The van der Waals surface area contributed by atoms with E-state index in [-0.39, 0.29) is 17.8 Å². The molecule has 0 unspecified atom stereocenters. The average molecular weight is 384 g/mol. The fraction of sp³-hybridized carbons (Fsp3) is 0.381. The van der Waals surface area contributed by atoms with E-state index in [1.165, 1.54) is 12.1 Å². The zero-order valence-corrected chi connectivity index (χ0v) is 16.8. The van der Waals surface area contributed by atoms with E-state index >= 15 is 0 Å². The van der Waals surface area contributed by atoms with Crippen molar-refractivity contribution in [2.45, 2.75) is 46.6 Å². The predicted molar refractivity (Wildman–Crippen MR) is 106 cm³/mol. The molecule has 0 saturated heterocycles. The highest BCUT2D eigenvalue weighted by Crippen LogP contribution is 2.31. The van der Waals surface area contributed by atoms with E-state index in [1.54, 1.807) is 23.9 Å². The lowest BCUT2D eigenvalue weighted by Gasteiger charge is -2.13. The first-order valence-electron chi connectivity index (χ1n) is 9.30. The summed E-state index contributed by atoms with van der Waals surface area (Å²) in [7, 11) is 1.56. The number of fused-ring (bicyclic) bond motifs is 1. The SMILES string of the molecule is COc1nc2c(c(C)nn2-c2cccc(F)c2)c(C)c1CCC(=O)NC(C)C. The second kappa shape index (κ2) is 7.96. The molecule has 2 aromatic heterocycles. The van der Waals surface area contributed by atoms with Gasteiger partial charge in [-0.3, -0.25) is 4.79 Å². The summed E-state index contributed by atoms with van der Waals surface area (Å²) in [5, 5.41) is 8.36. The van der Waals surface area contributed by atoms with Crippen LogP contribution >= 0.6 is 0 Å². The van der Waals surface area contributed by atoms with Crippen LogP contribution in [0.5, 0.6) is 5.88 Å². The summed E-state index contributed by atoms with van der Waals surface area (Å²) in [4.78, 5) is 16.7. The number of amides is 1. The molecule has 0 aliphatic carbocycles. The van der Waals surface area contributed by atoms with Crippen molar-refractivity contribution in [2.75, 3.05) is 7.11 Å². The Labute approximate surface area is 163 Å². The second-order valence-electron chi connectivity index (χ2n) is 7.12. The first-order valence-corrected chi connectivity index (χ1v) is 9.30. The topological polar surface area (TPSA) is 69.0 Å². The number of benzene rings is 1. The number of carbonyl (C=O) groups excluding carboxylic acids is 1. The smallest absolute Gasteiger partial charge is 0.220 e. The van der Waals surface area contributed by atoms with Crippen LogP contribution in [0.4, 0.5) is 4.39 Å². The van der Waals surface area contributed by atoms with Crippen molar-refractivity contribution >= 4 is 16.9 Å². The highest BCUT2D eigenvalue weighted by molar-refractivity contribution is 5.86. The number of nitrogens with zero attached hydrogens (tertiary/aromatic N) is 3. The van der Waals surface area contributed by atoms with Gasteiger partial charge in [0.05, 0.1) is 18.5 Å². The maximum absolute atomic E-state index is 13.7. The highest BCUT2D eigenvalue weighted by Gasteiger charge is 2.20. The molecular formula is C21H25FN4O2. The number of hydrogen-bond acceptors (Lipinski definition) is 4. The molecule has 0 bridgehead atoms. The van der Waals surface area contributed by atoms with Crippen molar-refractivity contribution in [3.63, 3.8) is 0 Å². The van der Waals surface area contributed by atoms with Crippen LogP contribution in [0.25, 0.3) is 16.7 Å². The third kappa shape index (κ3) is 3.83. The molecule has 0 aliphatic rings. The molecule has 1 amide bonds. The predicted octanol–water partition coefficient (Wildman–Crippen LogP) is 3.64. The molecule has 0 saturated carbocycles. The Kier molecular flexibility index (Phi) is 5.63. The third-order valence-corrected chi connectivity index (χ3v) is 4.63. The molecule has 6 nitrogen and oxygen atoms in total. The standard InChI is InChI=1S/C21H25FN4O2/c1-12(2)23-18(27)10-9-17-13(3)19-14(4)25-26(20(19)24-21(17)28-5)16-8-6-7-15(22)11-16/h6-8,11-12H,9-10H2,1-5H3,(H,23,27). The molecule has 3 aromatic rings. The van der Waals surface area contributed by atoms with Crippen LogP contribution in [-0.2, 0) is 11.2 Å². The van der Waals surface area contributed by atoms with Gasteiger partial charge in [-0.15, -0.1) is 0 Å². The minimum Gasteiger partial charge on any atom is -0.481 e. The Bertz CT molecular complexity index is 1030. The number of nitrogens with one attached hydrogen (secondary N) is 1. The molecule has 2 heterocycles. The average Bonchev–Trinajstić information content (AvgIpc) is 2.96. The first kappa shape index (κ1) is 19.8. The van der Waals surface area contributed by atoms with Gasteiger partial charge in [0.2, 0.25) is 11.8 Å². The van der Waals surface area contributed by atoms with Crippen molar-refractivity contribution in [3.05, 3.63) is 46.9 Å². The fourth-order valence-electron chi connectivity index (χ4n) is 3.42. The molecular weight excluding hydrogens is 359 g/mol. The Morgan fingerprint density at radius 1 is 1.32 bits per heavy atom. The van der Waals surface area contributed by atoms with E-state index in [1.807, 2.05) is 27.7 Å². The van der Waals surface area contributed by atoms with E-state index in [0.29, 0.717) is 30.1 Å². The molecule has 3 rings (SSSR count). The Hall–Kier alpha value is -2.96. The number of aromatic nitrogens is 3. The monoisotopic (exact) mass is 384 g/mol. The number of aryl methyl sites for hydroxylation is 2. The first-order chi connectivity index (χ1) is 13.3. The van der Waals surface area contributed by atoms with E-state index < -0.39 is 0 Å². The van der Waals surface area contributed by atoms with Crippen LogP contribution in [0.1, 0.15) is 37.1 Å². The van der Waals surface area contributed by atoms with E-state index in [0.717, 1.165) is 22.2 Å². The Morgan fingerprint density at radius 2 is 2.07 bits per heavy atom. The zero-order chi connectivity index (χ0) is 20.4. The summed E-state index contributed by atoms with van der Waals surface area (Å²) >= 11 is 0. The lowest BCUT2D eigenvalue weighted by Crippen LogP contribution is -2.30. The van der Waals surface area contributed by atoms with Gasteiger partial charge >= 0.3 is 0 Å². The number of rotatable bonds is 6. The van der Waals surface area contributed by atoms with E-state index in [2.05, 4.69) is 15.4 Å². The highest BCUT2D eigenvalue weighted by atomic mass is 19.1. The minimum atomic E-state index is -0.338. The summed E-state index contributed by atoms with van der Waals surface area (Å²) in [6, 6.07) is 6.33. The maximum atomic E-state index is 13.7. The number of methoxy groups -OCH3 is 1. The van der Waals surface area contributed by atoms with Crippen molar-refractivity contribution in [3.8, 4) is 11.6 Å². The van der Waals surface area contributed by atoms with Crippen LogP contribution in [-0.4, -0.2) is 33.8 Å².